The summed E-state index contributed by atoms with van der Waals surface area (Å²) in [6.45, 7) is 3.61. The molecule has 0 aliphatic carbocycles. The van der Waals surface area contributed by atoms with Gasteiger partial charge in [0.25, 0.3) is 0 Å². The van der Waals surface area contributed by atoms with E-state index in [9.17, 15) is 28.3 Å². The topological polar surface area (TPSA) is 146 Å². The first-order valence-corrected chi connectivity index (χ1v) is 9.44. The minimum absolute atomic E-state index is 0. The van der Waals surface area contributed by atoms with Crippen LogP contribution in [-0.4, -0.2) is 72.2 Å². The number of hydrogen-bond donors (Lipinski definition) is 3. The summed E-state index contributed by atoms with van der Waals surface area (Å²) in [7, 11) is -4.96. The molecular formula is C14H27NaO9S. The van der Waals surface area contributed by atoms with Gasteiger partial charge in [-0.1, -0.05) is 26.7 Å². The van der Waals surface area contributed by atoms with Crippen LogP contribution in [0, 0.1) is 5.92 Å². The first kappa shape index (κ1) is 25.7. The Kier molecular flexibility index (Phi) is 12.5. The van der Waals surface area contributed by atoms with Gasteiger partial charge in [0.2, 0.25) is 10.4 Å². The molecule has 0 spiro atoms. The van der Waals surface area contributed by atoms with Crippen LogP contribution >= 0.6 is 0 Å². The number of ether oxygens (including phenoxy) is 2. The van der Waals surface area contributed by atoms with Crippen molar-refractivity contribution in [1.82, 2.24) is 0 Å². The molecule has 0 saturated carbocycles. The molecule has 0 aromatic heterocycles. The Balaban J connectivity index is 0.00000576. The Bertz CT molecular complexity index is 455. The van der Waals surface area contributed by atoms with Gasteiger partial charge >= 0.3 is 29.6 Å². The van der Waals surface area contributed by atoms with Crippen molar-refractivity contribution in [1.29, 1.82) is 0 Å². The van der Waals surface area contributed by atoms with Gasteiger partial charge in [-0.25, -0.2) is 8.42 Å². The van der Waals surface area contributed by atoms with Crippen molar-refractivity contribution in [3.05, 3.63) is 0 Å². The van der Waals surface area contributed by atoms with Gasteiger partial charge in [-0.2, -0.15) is 0 Å². The van der Waals surface area contributed by atoms with Crippen LogP contribution in [0.5, 0.6) is 0 Å². The second kappa shape index (κ2) is 12.2. The van der Waals surface area contributed by atoms with Gasteiger partial charge in [-0.3, -0.25) is 4.18 Å². The number of aliphatic hydroxyl groups excluding tert-OH is 3. The summed E-state index contributed by atoms with van der Waals surface area (Å²) in [5, 5.41) is 29.6. The molecule has 144 valence electrons. The summed E-state index contributed by atoms with van der Waals surface area (Å²) >= 11 is 0. The number of hydrogen-bond acceptors (Lipinski definition) is 9. The van der Waals surface area contributed by atoms with E-state index in [0.717, 1.165) is 25.7 Å². The summed E-state index contributed by atoms with van der Waals surface area (Å²) in [5.74, 6) is 0.261. The van der Waals surface area contributed by atoms with Crippen molar-refractivity contribution >= 4 is 10.4 Å². The predicted molar refractivity (Wildman–Crippen MR) is 81.6 cm³/mol. The van der Waals surface area contributed by atoms with Gasteiger partial charge in [-0.15, -0.1) is 0 Å². The second-order valence-electron chi connectivity index (χ2n) is 5.98. The van der Waals surface area contributed by atoms with E-state index in [0.29, 0.717) is 6.61 Å². The molecule has 1 rings (SSSR count). The van der Waals surface area contributed by atoms with Crippen molar-refractivity contribution in [3.63, 3.8) is 0 Å². The average molecular weight is 394 g/mol. The van der Waals surface area contributed by atoms with E-state index in [1.807, 2.05) is 13.8 Å². The van der Waals surface area contributed by atoms with Crippen molar-refractivity contribution < 1.29 is 71.5 Å². The van der Waals surface area contributed by atoms with Gasteiger partial charge in [0.1, 0.15) is 24.4 Å². The fraction of sp³-hybridized carbons (Fsp3) is 1.00. The van der Waals surface area contributed by atoms with Gasteiger partial charge in [-0.05, 0) is 18.8 Å². The van der Waals surface area contributed by atoms with Crippen LogP contribution in [-0.2, 0) is 24.1 Å². The maximum Gasteiger partial charge on any atom is 1.00 e. The minimum Gasteiger partial charge on any atom is -0.726 e. The van der Waals surface area contributed by atoms with E-state index in [-0.39, 0.29) is 35.5 Å². The smallest absolute Gasteiger partial charge is 0.726 e. The Hall–Kier alpha value is 0.670. The summed E-state index contributed by atoms with van der Waals surface area (Å²) < 4.78 is 46.4. The third-order valence-corrected chi connectivity index (χ3v) is 4.36. The Morgan fingerprint density at radius 1 is 1.08 bits per heavy atom. The molecule has 1 aliphatic heterocycles. The number of aliphatic hydroxyl groups is 3. The first-order chi connectivity index (χ1) is 11.2. The average Bonchev–Trinajstić information content (AvgIpc) is 2.50. The summed E-state index contributed by atoms with van der Waals surface area (Å²) in [6, 6.07) is 0. The van der Waals surface area contributed by atoms with Crippen molar-refractivity contribution in [2.24, 2.45) is 5.92 Å². The molecule has 3 N–H and O–H groups in total. The second-order valence-corrected chi connectivity index (χ2v) is 7.04. The van der Waals surface area contributed by atoms with Crippen molar-refractivity contribution in [2.45, 2.75) is 70.2 Å². The normalized spacial score (nSPS) is 30.3. The quantitative estimate of drug-likeness (QED) is 0.195. The zero-order valence-electron chi connectivity index (χ0n) is 14.9. The molecule has 0 bridgehead atoms. The molecular weight excluding hydrogens is 367 g/mol. The Labute approximate surface area is 170 Å². The molecule has 1 saturated heterocycles. The van der Waals surface area contributed by atoms with Crippen molar-refractivity contribution in [3.8, 4) is 0 Å². The molecule has 0 aromatic rings. The largest absolute Gasteiger partial charge is 1.00 e. The Morgan fingerprint density at radius 3 is 2.12 bits per heavy atom. The molecule has 0 aromatic carbocycles. The monoisotopic (exact) mass is 394 g/mol. The minimum atomic E-state index is -4.96. The van der Waals surface area contributed by atoms with Crippen LogP contribution in [0.4, 0.5) is 0 Å². The van der Waals surface area contributed by atoms with Gasteiger partial charge < -0.3 is 29.3 Å². The van der Waals surface area contributed by atoms with Crippen LogP contribution in [0.25, 0.3) is 0 Å². The predicted octanol–water partition coefficient (Wildman–Crippen LogP) is -3.49. The fourth-order valence-corrected chi connectivity index (χ4v) is 3.00. The molecule has 1 heterocycles. The third kappa shape index (κ3) is 8.93. The zero-order chi connectivity index (χ0) is 18.3. The van der Waals surface area contributed by atoms with E-state index in [1.54, 1.807) is 0 Å². The SMILES string of the molecule is CCCC(CCC)CO[C@@H]1O[C@H](COS(=O)(=O)[O-])[C@H](O)[C@H](O)[C@H]1O.[Na+]. The molecule has 0 unspecified atom stereocenters. The van der Waals surface area contributed by atoms with Gasteiger partial charge in [0.05, 0.1) is 13.2 Å². The Morgan fingerprint density at radius 2 is 1.64 bits per heavy atom. The van der Waals surface area contributed by atoms with E-state index >= 15 is 0 Å². The fourth-order valence-electron chi connectivity index (χ4n) is 2.70. The molecule has 25 heavy (non-hydrogen) atoms. The maximum absolute atomic E-state index is 10.5. The molecule has 11 heteroatoms. The van der Waals surface area contributed by atoms with Crippen LogP contribution in [0.2, 0.25) is 0 Å². The number of rotatable bonds is 10. The summed E-state index contributed by atoms with van der Waals surface area (Å²) in [6.07, 6.45) is -3.46. The third-order valence-electron chi connectivity index (χ3n) is 3.94. The van der Waals surface area contributed by atoms with Crippen molar-refractivity contribution in [2.75, 3.05) is 13.2 Å². The standard InChI is InChI=1S/C14H28O9S.Na/c1-3-5-9(6-4-2)7-21-14-13(17)12(16)11(15)10(23-14)8-22-24(18,19)20;/h9-17H,3-8H2,1-2H3,(H,18,19,20);/q;+1/p-1/t10-,11+,12+,13-,14-;/m1./s1. The van der Waals surface area contributed by atoms with Crippen LogP contribution in [0.1, 0.15) is 39.5 Å². The van der Waals surface area contributed by atoms with E-state index in [2.05, 4.69) is 4.18 Å². The molecule has 0 radical (unpaired) electrons. The molecule has 0 amide bonds. The van der Waals surface area contributed by atoms with Gasteiger partial charge in [0.15, 0.2) is 6.29 Å². The molecule has 1 fully saturated rings. The molecule has 1 aliphatic rings. The van der Waals surface area contributed by atoms with Crippen LogP contribution < -0.4 is 29.6 Å². The maximum atomic E-state index is 10.5. The van der Waals surface area contributed by atoms with E-state index < -0.39 is 47.7 Å². The zero-order valence-corrected chi connectivity index (χ0v) is 17.7. The van der Waals surface area contributed by atoms with Crippen LogP contribution in [0.3, 0.4) is 0 Å². The van der Waals surface area contributed by atoms with E-state index in [4.69, 9.17) is 9.47 Å². The summed E-state index contributed by atoms with van der Waals surface area (Å²) in [4.78, 5) is 0. The van der Waals surface area contributed by atoms with Crippen LogP contribution in [0.15, 0.2) is 0 Å². The van der Waals surface area contributed by atoms with E-state index in [1.165, 1.54) is 0 Å². The molecule has 9 nitrogen and oxygen atoms in total. The van der Waals surface area contributed by atoms with Gasteiger partial charge in [0, 0.05) is 0 Å². The summed E-state index contributed by atoms with van der Waals surface area (Å²) in [5.41, 5.74) is 0. The first-order valence-electron chi connectivity index (χ1n) is 8.11. The molecule has 5 atom stereocenters.